The van der Waals surface area contributed by atoms with E-state index in [9.17, 15) is 4.79 Å². The van der Waals surface area contributed by atoms with Crippen molar-refractivity contribution in [2.24, 2.45) is 0 Å². The average molecular weight is 291 g/mol. The Hall–Kier alpha value is -2.08. The number of anilines is 2. The number of pyridine rings is 1. The second kappa shape index (κ2) is 6.91. The van der Waals surface area contributed by atoms with Gasteiger partial charge in [-0.3, -0.25) is 4.79 Å². The summed E-state index contributed by atoms with van der Waals surface area (Å²) in [6.45, 7) is 4.68. The lowest BCUT2D eigenvalue weighted by molar-refractivity contribution is -0.114. The molecule has 106 valence electrons. The molecule has 2 aromatic heterocycles. The van der Waals surface area contributed by atoms with Crippen molar-refractivity contribution in [3.63, 3.8) is 0 Å². The number of rotatable bonds is 6. The fraction of sp³-hybridized carbons (Fsp3) is 0.286. The summed E-state index contributed by atoms with van der Waals surface area (Å²) in [5.41, 5.74) is 1.77. The Labute approximate surface area is 122 Å². The van der Waals surface area contributed by atoms with Crippen molar-refractivity contribution in [1.82, 2.24) is 4.98 Å². The van der Waals surface area contributed by atoms with E-state index in [1.807, 2.05) is 30.5 Å². The van der Waals surface area contributed by atoms with Gasteiger partial charge in [0.1, 0.15) is 0 Å². The van der Waals surface area contributed by atoms with E-state index >= 15 is 0 Å². The summed E-state index contributed by atoms with van der Waals surface area (Å²) < 4.78 is 5.29. The maximum Gasteiger partial charge on any atom is 0.221 e. The van der Waals surface area contributed by atoms with E-state index in [1.54, 1.807) is 17.5 Å². The number of ether oxygens (including phenoxy) is 1. The maximum atomic E-state index is 11.1. The molecule has 6 heteroatoms. The molecule has 0 saturated carbocycles. The number of carbonyl (C=O) groups is 1. The van der Waals surface area contributed by atoms with E-state index < -0.39 is 0 Å². The van der Waals surface area contributed by atoms with Crippen molar-refractivity contribution >= 4 is 28.6 Å². The van der Waals surface area contributed by atoms with Crippen LogP contribution in [0.4, 0.5) is 11.4 Å². The van der Waals surface area contributed by atoms with Crippen molar-refractivity contribution in [2.45, 2.75) is 20.4 Å². The van der Waals surface area contributed by atoms with Gasteiger partial charge in [-0.25, -0.2) is 4.98 Å². The number of hydrogen-bond acceptors (Lipinski definition) is 5. The number of aromatic nitrogens is 1. The molecule has 0 unspecified atom stereocenters. The molecule has 2 N–H and O–H groups in total. The molecule has 5 nitrogen and oxygen atoms in total. The first-order valence-corrected chi connectivity index (χ1v) is 7.23. The predicted octanol–water partition coefficient (Wildman–Crippen LogP) is 3.11. The van der Waals surface area contributed by atoms with Crippen LogP contribution in [0, 0.1) is 0 Å². The Bertz CT molecular complexity index is 566. The molecule has 0 aliphatic rings. The molecule has 0 saturated heterocycles. The summed E-state index contributed by atoms with van der Waals surface area (Å²) in [6.07, 6.45) is 1.73. The highest BCUT2D eigenvalue weighted by atomic mass is 32.1. The van der Waals surface area contributed by atoms with Crippen LogP contribution < -0.4 is 15.4 Å². The van der Waals surface area contributed by atoms with Gasteiger partial charge in [-0.2, -0.15) is 0 Å². The number of nitrogens with one attached hydrogen (secondary N) is 2. The number of thiophene rings is 1. The molecule has 0 aliphatic carbocycles. The third-order valence-corrected chi connectivity index (χ3v) is 3.46. The second-order valence-corrected chi connectivity index (χ2v) is 5.11. The average Bonchev–Trinajstić information content (AvgIpc) is 2.85. The normalized spacial score (nSPS) is 10.1. The van der Waals surface area contributed by atoms with Gasteiger partial charge in [0.15, 0.2) is 0 Å². The Kier molecular flexibility index (Phi) is 4.95. The molecular formula is C14H17N3O2S. The van der Waals surface area contributed by atoms with Crippen molar-refractivity contribution in [1.29, 1.82) is 0 Å². The van der Waals surface area contributed by atoms with Gasteiger partial charge >= 0.3 is 0 Å². The third kappa shape index (κ3) is 3.96. The molecule has 0 radical (unpaired) electrons. The SMILES string of the molecule is CCOc1ccc(NCc2sccc2NC(C)=O)cn1. The summed E-state index contributed by atoms with van der Waals surface area (Å²) in [7, 11) is 0. The van der Waals surface area contributed by atoms with Crippen molar-refractivity contribution in [2.75, 3.05) is 17.2 Å². The summed E-state index contributed by atoms with van der Waals surface area (Å²) >= 11 is 1.60. The number of amides is 1. The van der Waals surface area contributed by atoms with Gasteiger partial charge in [-0.15, -0.1) is 11.3 Å². The lowest BCUT2D eigenvalue weighted by Crippen LogP contribution is -2.08. The number of hydrogen-bond donors (Lipinski definition) is 2. The van der Waals surface area contributed by atoms with Crippen LogP contribution >= 0.6 is 11.3 Å². The molecule has 2 rings (SSSR count). The zero-order valence-electron chi connectivity index (χ0n) is 11.5. The minimum Gasteiger partial charge on any atom is -0.478 e. The molecule has 0 aliphatic heterocycles. The minimum atomic E-state index is -0.0626. The molecule has 2 heterocycles. The van der Waals surface area contributed by atoms with Crippen LogP contribution in [-0.2, 0) is 11.3 Å². The Balaban J connectivity index is 1.94. The maximum absolute atomic E-state index is 11.1. The van der Waals surface area contributed by atoms with Crippen LogP contribution in [0.25, 0.3) is 0 Å². The largest absolute Gasteiger partial charge is 0.478 e. The first kappa shape index (κ1) is 14.3. The zero-order chi connectivity index (χ0) is 14.4. The van der Waals surface area contributed by atoms with Crippen LogP contribution in [0.3, 0.4) is 0 Å². The van der Waals surface area contributed by atoms with E-state index in [2.05, 4.69) is 15.6 Å². The quantitative estimate of drug-likeness (QED) is 0.858. The molecule has 0 bridgehead atoms. The molecule has 1 amide bonds. The van der Waals surface area contributed by atoms with Crippen molar-refractivity contribution < 1.29 is 9.53 Å². The van der Waals surface area contributed by atoms with Gasteiger partial charge in [0.25, 0.3) is 0 Å². The van der Waals surface area contributed by atoms with Crippen LogP contribution in [0.1, 0.15) is 18.7 Å². The monoisotopic (exact) mass is 291 g/mol. The van der Waals surface area contributed by atoms with E-state index in [-0.39, 0.29) is 5.91 Å². The molecular weight excluding hydrogens is 274 g/mol. The zero-order valence-corrected chi connectivity index (χ0v) is 12.3. The van der Waals surface area contributed by atoms with Gasteiger partial charge in [-0.05, 0) is 24.4 Å². The Morgan fingerprint density at radius 3 is 2.90 bits per heavy atom. The van der Waals surface area contributed by atoms with E-state index in [0.29, 0.717) is 19.0 Å². The van der Waals surface area contributed by atoms with Gasteiger partial charge in [0.2, 0.25) is 11.8 Å². The van der Waals surface area contributed by atoms with Gasteiger partial charge in [0.05, 0.1) is 30.7 Å². The highest BCUT2D eigenvalue weighted by Gasteiger charge is 2.05. The fourth-order valence-corrected chi connectivity index (χ4v) is 2.45. The van der Waals surface area contributed by atoms with Crippen LogP contribution in [0.5, 0.6) is 5.88 Å². The summed E-state index contributed by atoms with van der Waals surface area (Å²) in [5, 5.41) is 8.04. The first-order chi connectivity index (χ1) is 9.69. The van der Waals surface area contributed by atoms with Crippen LogP contribution in [-0.4, -0.2) is 17.5 Å². The highest BCUT2D eigenvalue weighted by Crippen LogP contribution is 2.23. The minimum absolute atomic E-state index is 0.0626. The number of nitrogens with zero attached hydrogens (tertiary/aromatic N) is 1. The number of carbonyl (C=O) groups excluding carboxylic acids is 1. The van der Waals surface area contributed by atoms with Crippen LogP contribution in [0.15, 0.2) is 29.8 Å². The van der Waals surface area contributed by atoms with E-state index in [1.165, 1.54) is 6.92 Å². The fourth-order valence-electron chi connectivity index (χ4n) is 1.68. The molecule has 0 aromatic carbocycles. The standard InChI is InChI=1S/C14H17N3O2S/c1-3-19-14-5-4-11(8-16-14)15-9-13-12(6-7-20-13)17-10(2)18/h4-8,15H,3,9H2,1-2H3,(H,17,18). The Morgan fingerprint density at radius 1 is 1.40 bits per heavy atom. The van der Waals surface area contributed by atoms with Gasteiger partial charge < -0.3 is 15.4 Å². The summed E-state index contributed by atoms with van der Waals surface area (Å²) in [6, 6.07) is 5.65. The van der Waals surface area contributed by atoms with Crippen molar-refractivity contribution in [3.8, 4) is 5.88 Å². The predicted molar refractivity (Wildman–Crippen MR) is 81.4 cm³/mol. The van der Waals surface area contributed by atoms with Crippen LogP contribution in [0.2, 0.25) is 0 Å². The topological polar surface area (TPSA) is 63.2 Å². The smallest absolute Gasteiger partial charge is 0.221 e. The molecule has 2 aromatic rings. The lowest BCUT2D eigenvalue weighted by Gasteiger charge is -2.08. The lowest BCUT2D eigenvalue weighted by atomic mass is 10.3. The van der Waals surface area contributed by atoms with Gasteiger partial charge in [0, 0.05) is 17.9 Å². The van der Waals surface area contributed by atoms with Crippen molar-refractivity contribution in [3.05, 3.63) is 34.7 Å². The molecule has 20 heavy (non-hydrogen) atoms. The van der Waals surface area contributed by atoms with E-state index in [4.69, 9.17) is 4.74 Å². The molecule has 0 atom stereocenters. The summed E-state index contributed by atoms with van der Waals surface area (Å²) in [5.74, 6) is 0.556. The van der Waals surface area contributed by atoms with Gasteiger partial charge in [-0.1, -0.05) is 0 Å². The third-order valence-electron chi connectivity index (χ3n) is 2.54. The first-order valence-electron chi connectivity index (χ1n) is 6.35. The summed E-state index contributed by atoms with van der Waals surface area (Å²) in [4.78, 5) is 16.4. The Morgan fingerprint density at radius 2 is 2.25 bits per heavy atom. The second-order valence-electron chi connectivity index (χ2n) is 4.11. The molecule has 0 spiro atoms. The van der Waals surface area contributed by atoms with E-state index in [0.717, 1.165) is 16.3 Å². The highest BCUT2D eigenvalue weighted by molar-refractivity contribution is 7.10. The molecule has 0 fully saturated rings.